The molecule has 0 aliphatic heterocycles. The van der Waals surface area contributed by atoms with Crippen LogP contribution in [-0.4, -0.2) is 35.4 Å². The smallest absolute Gasteiger partial charge is 0.206 e. The number of pyridine rings is 1. The van der Waals surface area contributed by atoms with Crippen molar-refractivity contribution in [2.24, 2.45) is 0 Å². The molecule has 1 N–H and O–H groups in total. The number of methoxy groups -OCH3 is 1. The molecular formula is C13H15N5OS2. The van der Waals surface area contributed by atoms with Gasteiger partial charge in [-0.2, -0.15) is 5.26 Å². The molecule has 0 amide bonds. The minimum Gasteiger partial charge on any atom is -0.383 e. The number of rotatable bonds is 6. The van der Waals surface area contributed by atoms with E-state index in [-0.39, 0.29) is 0 Å². The highest BCUT2D eigenvalue weighted by atomic mass is 32.2. The van der Waals surface area contributed by atoms with Gasteiger partial charge in [0.1, 0.15) is 11.1 Å². The van der Waals surface area contributed by atoms with Gasteiger partial charge >= 0.3 is 0 Å². The summed E-state index contributed by atoms with van der Waals surface area (Å²) in [5, 5.41) is 21.9. The standard InChI is InChI=1S/C13H15N5OS2/c1-8-6-9(2)16-11(10(8)7-14)20-13-18-17-12(21-13)15-4-5-19-3/h6H,4-5H2,1-3H3,(H,15,17). The summed E-state index contributed by atoms with van der Waals surface area (Å²) in [7, 11) is 1.65. The van der Waals surface area contributed by atoms with Gasteiger partial charge < -0.3 is 10.1 Å². The summed E-state index contributed by atoms with van der Waals surface area (Å²) in [6.45, 7) is 5.12. The molecule has 0 spiro atoms. The van der Waals surface area contributed by atoms with Crippen molar-refractivity contribution in [3.8, 4) is 6.07 Å². The van der Waals surface area contributed by atoms with Crippen LogP contribution in [0.15, 0.2) is 15.4 Å². The van der Waals surface area contributed by atoms with Crippen molar-refractivity contribution >= 4 is 28.2 Å². The van der Waals surface area contributed by atoms with E-state index in [9.17, 15) is 5.26 Å². The third kappa shape index (κ3) is 4.14. The first-order valence-electron chi connectivity index (χ1n) is 6.26. The summed E-state index contributed by atoms with van der Waals surface area (Å²) in [6, 6.07) is 4.10. The van der Waals surface area contributed by atoms with Crippen LogP contribution in [0.2, 0.25) is 0 Å². The molecule has 0 saturated heterocycles. The molecule has 0 saturated carbocycles. The molecule has 8 heteroatoms. The summed E-state index contributed by atoms with van der Waals surface area (Å²) >= 11 is 2.80. The Balaban J connectivity index is 2.14. The fourth-order valence-corrected chi connectivity index (χ4v) is 3.57. The molecule has 0 bridgehead atoms. The third-order valence-corrected chi connectivity index (χ3v) is 4.52. The van der Waals surface area contributed by atoms with E-state index in [1.807, 2.05) is 19.9 Å². The number of nitrogens with zero attached hydrogens (tertiary/aromatic N) is 4. The number of hydrogen-bond donors (Lipinski definition) is 1. The van der Waals surface area contributed by atoms with E-state index in [2.05, 4.69) is 26.6 Å². The van der Waals surface area contributed by atoms with Crippen molar-refractivity contribution in [2.75, 3.05) is 25.6 Å². The van der Waals surface area contributed by atoms with E-state index in [1.54, 1.807) is 7.11 Å². The first kappa shape index (κ1) is 15.7. The first-order chi connectivity index (χ1) is 10.1. The van der Waals surface area contributed by atoms with E-state index < -0.39 is 0 Å². The topological polar surface area (TPSA) is 83.7 Å². The zero-order valence-electron chi connectivity index (χ0n) is 12.0. The number of hydrogen-bond acceptors (Lipinski definition) is 8. The molecule has 21 heavy (non-hydrogen) atoms. The van der Waals surface area contributed by atoms with E-state index in [4.69, 9.17) is 4.74 Å². The Morgan fingerprint density at radius 1 is 1.43 bits per heavy atom. The molecule has 0 aliphatic rings. The Bertz CT molecular complexity index is 665. The minimum absolute atomic E-state index is 0.592. The van der Waals surface area contributed by atoms with Gasteiger partial charge in [0.25, 0.3) is 0 Å². The predicted octanol–water partition coefficient (Wildman–Crippen LogP) is 2.63. The van der Waals surface area contributed by atoms with Crippen molar-refractivity contribution in [3.05, 3.63) is 22.9 Å². The SMILES string of the molecule is COCCNc1nnc(Sc2nc(C)cc(C)c2C#N)s1. The van der Waals surface area contributed by atoms with Gasteiger partial charge in [0.15, 0.2) is 4.34 Å². The van der Waals surface area contributed by atoms with Crippen molar-refractivity contribution in [3.63, 3.8) is 0 Å². The maximum atomic E-state index is 9.25. The van der Waals surface area contributed by atoms with Gasteiger partial charge in [-0.25, -0.2) is 4.98 Å². The van der Waals surface area contributed by atoms with Gasteiger partial charge in [-0.15, -0.1) is 10.2 Å². The van der Waals surface area contributed by atoms with E-state index >= 15 is 0 Å². The Kier molecular flexibility index (Phi) is 5.50. The summed E-state index contributed by atoms with van der Waals surface area (Å²) in [5.41, 5.74) is 2.40. The molecule has 0 aromatic carbocycles. The number of aryl methyl sites for hydroxylation is 2. The van der Waals surface area contributed by atoms with E-state index in [0.29, 0.717) is 23.7 Å². The molecule has 2 aromatic rings. The lowest BCUT2D eigenvalue weighted by Gasteiger charge is -2.04. The summed E-state index contributed by atoms with van der Waals surface area (Å²) in [6.07, 6.45) is 0. The summed E-state index contributed by atoms with van der Waals surface area (Å²) in [5.74, 6) is 0. The van der Waals surface area contributed by atoms with Crippen LogP contribution >= 0.6 is 23.1 Å². The fourth-order valence-electron chi connectivity index (χ4n) is 1.68. The molecule has 0 atom stereocenters. The average molecular weight is 321 g/mol. The lowest BCUT2D eigenvalue weighted by Crippen LogP contribution is -2.06. The van der Waals surface area contributed by atoms with Crippen molar-refractivity contribution < 1.29 is 4.74 Å². The minimum atomic E-state index is 0.592. The van der Waals surface area contributed by atoms with Gasteiger partial charge in [0.05, 0.1) is 12.2 Å². The highest BCUT2D eigenvalue weighted by Crippen LogP contribution is 2.33. The Morgan fingerprint density at radius 2 is 2.24 bits per heavy atom. The molecule has 6 nitrogen and oxygen atoms in total. The summed E-state index contributed by atoms with van der Waals surface area (Å²) < 4.78 is 5.72. The number of nitriles is 1. The van der Waals surface area contributed by atoms with Crippen LogP contribution in [0.4, 0.5) is 5.13 Å². The van der Waals surface area contributed by atoms with Crippen LogP contribution in [-0.2, 0) is 4.74 Å². The van der Waals surface area contributed by atoms with Gasteiger partial charge in [0.2, 0.25) is 5.13 Å². The first-order valence-corrected chi connectivity index (χ1v) is 7.90. The van der Waals surface area contributed by atoms with E-state index in [0.717, 1.165) is 20.7 Å². The number of anilines is 1. The van der Waals surface area contributed by atoms with Crippen LogP contribution in [0.5, 0.6) is 0 Å². The van der Waals surface area contributed by atoms with Crippen LogP contribution < -0.4 is 5.32 Å². The summed E-state index contributed by atoms with van der Waals surface area (Å²) in [4.78, 5) is 4.42. The molecule has 0 fully saturated rings. The van der Waals surface area contributed by atoms with Gasteiger partial charge in [-0.1, -0.05) is 11.3 Å². The zero-order chi connectivity index (χ0) is 15.2. The Morgan fingerprint density at radius 3 is 2.95 bits per heavy atom. The lowest BCUT2D eigenvalue weighted by atomic mass is 10.1. The molecular weight excluding hydrogens is 306 g/mol. The maximum Gasteiger partial charge on any atom is 0.206 e. The molecule has 0 unspecified atom stereocenters. The predicted molar refractivity (Wildman–Crippen MR) is 82.8 cm³/mol. The van der Waals surface area contributed by atoms with Gasteiger partial charge in [0, 0.05) is 19.3 Å². The van der Waals surface area contributed by atoms with Crippen molar-refractivity contribution in [1.29, 1.82) is 5.26 Å². The monoisotopic (exact) mass is 321 g/mol. The number of ether oxygens (including phenoxy) is 1. The van der Waals surface area contributed by atoms with Crippen molar-refractivity contribution in [1.82, 2.24) is 15.2 Å². The van der Waals surface area contributed by atoms with Crippen LogP contribution in [0.3, 0.4) is 0 Å². The van der Waals surface area contributed by atoms with Crippen LogP contribution in [0, 0.1) is 25.2 Å². The second-order valence-corrected chi connectivity index (χ2v) is 6.48. The number of aromatic nitrogens is 3. The third-order valence-electron chi connectivity index (χ3n) is 2.60. The molecule has 0 radical (unpaired) electrons. The highest BCUT2D eigenvalue weighted by Gasteiger charge is 2.13. The quantitative estimate of drug-likeness (QED) is 0.819. The van der Waals surface area contributed by atoms with Crippen molar-refractivity contribution in [2.45, 2.75) is 23.2 Å². The Labute approximate surface area is 131 Å². The number of nitrogens with one attached hydrogen (secondary N) is 1. The zero-order valence-corrected chi connectivity index (χ0v) is 13.6. The molecule has 2 heterocycles. The lowest BCUT2D eigenvalue weighted by molar-refractivity contribution is 0.211. The highest BCUT2D eigenvalue weighted by molar-refractivity contribution is 8.01. The normalized spacial score (nSPS) is 10.4. The second kappa shape index (κ2) is 7.36. The largest absolute Gasteiger partial charge is 0.383 e. The molecule has 2 rings (SSSR count). The van der Waals surface area contributed by atoms with Crippen LogP contribution in [0.1, 0.15) is 16.8 Å². The molecule has 0 aliphatic carbocycles. The second-order valence-electron chi connectivity index (χ2n) is 4.27. The van der Waals surface area contributed by atoms with Gasteiger partial charge in [-0.05, 0) is 37.2 Å². The van der Waals surface area contributed by atoms with Gasteiger partial charge in [-0.3, -0.25) is 0 Å². The van der Waals surface area contributed by atoms with Crippen LogP contribution in [0.25, 0.3) is 0 Å². The molecule has 110 valence electrons. The molecule has 2 aromatic heterocycles. The maximum absolute atomic E-state index is 9.25. The fraction of sp³-hybridized carbons (Fsp3) is 0.385. The average Bonchev–Trinajstić information content (AvgIpc) is 2.86. The Hall–Kier alpha value is -1.69. The van der Waals surface area contributed by atoms with E-state index in [1.165, 1.54) is 23.1 Å².